The van der Waals surface area contributed by atoms with Gasteiger partial charge in [-0.3, -0.25) is 4.79 Å². The molecule has 7 heteroatoms. The Balaban J connectivity index is 1.89. The van der Waals surface area contributed by atoms with Gasteiger partial charge in [-0.1, -0.05) is 13.8 Å². The smallest absolute Gasteiger partial charge is 0.271 e. The summed E-state index contributed by atoms with van der Waals surface area (Å²) in [6, 6.07) is 0. The Hall–Kier alpha value is -1.09. The maximum absolute atomic E-state index is 12.1. The monoisotopic (exact) mass is 389 g/mol. The van der Waals surface area contributed by atoms with E-state index in [4.69, 9.17) is 0 Å². The highest BCUT2D eigenvalue weighted by molar-refractivity contribution is 14.1. The van der Waals surface area contributed by atoms with Crippen LogP contribution in [0.25, 0.3) is 6.08 Å². The molecular formula is C13H20IN5O. The van der Waals surface area contributed by atoms with Crippen molar-refractivity contribution < 1.29 is 4.79 Å². The molecule has 0 saturated heterocycles. The Labute approximate surface area is 133 Å². The molecule has 0 radical (unpaired) electrons. The normalized spacial score (nSPS) is 13.7. The van der Waals surface area contributed by atoms with Gasteiger partial charge in [-0.05, 0) is 19.2 Å². The number of carbonyl (C=O) groups excluding carboxylic acids is 1. The number of rotatable bonds is 6. The van der Waals surface area contributed by atoms with Crippen molar-refractivity contribution in [1.29, 1.82) is 0 Å². The van der Waals surface area contributed by atoms with E-state index >= 15 is 0 Å². The molecule has 0 fully saturated rings. The van der Waals surface area contributed by atoms with Crippen LogP contribution < -0.4 is 5.32 Å². The van der Waals surface area contributed by atoms with E-state index in [0.717, 1.165) is 25.5 Å². The molecule has 1 aromatic heterocycles. The van der Waals surface area contributed by atoms with Crippen LogP contribution in [0.1, 0.15) is 30.2 Å². The highest BCUT2D eigenvalue weighted by Crippen LogP contribution is 2.15. The number of likely N-dealkylation sites (N-methyl/N-ethyl adjacent to an activating group) is 1. The first-order valence-corrected chi connectivity index (χ1v) is 7.78. The van der Waals surface area contributed by atoms with E-state index in [1.54, 1.807) is 6.20 Å². The van der Waals surface area contributed by atoms with Crippen LogP contribution >= 0.6 is 22.9 Å². The van der Waals surface area contributed by atoms with Crippen LogP contribution in [-0.2, 0) is 6.67 Å². The molecule has 1 aliphatic heterocycles. The zero-order chi connectivity index (χ0) is 14.5. The van der Waals surface area contributed by atoms with Gasteiger partial charge >= 0.3 is 0 Å². The molecule has 0 aliphatic carbocycles. The second-order valence-corrected chi connectivity index (χ2v) is 5.83. The fourth-order valence-corrected chi connectivity index (χ4v) is 2.57. The topological polar surface area (TPSA) is 53.4 Å². The summed E-state index contributed by atoms with van der Waals surface area (Å²) in [4.78, 5) is 18.7. The largest absolute Gasteiger partial charge is 0.349 e. The Morgan fingerprint density at radius 1 is 1.50 bits per heavy atom. The molecule has 20 heavy (non-hydrogen) atoms. The first-order chi connectivity index (χ1) is 9.63. The number of aromatic nitrogens is 2. The number of carbonyl (C=O) groups is 1. The second kappa shape index (κ2) is 7.07. The van der Waals surface area contributed by atoms with E-state index in [1.807, 2.05) is 20.0 Å². The van der Waals surface area contributed by atoms with E-state index in [9.17, 15) is 4.79 Å². The Kier molecular flexibility index (Phi) is 5.41. The summed E-state index contributed by atoms with van der Waals surface area (Å²) in [7, 11) is 0. The van der Waals surface area contributed by atoms with Crippen LogP contribution in [0, 0.1) is 0 Å². The highest BCUT2D eigenvalue weighted by Gasteiger charge is 2.15. The van der Waals surface area contributed by atoms with E-state index in [0.29, 0.717) is 18.9 Å². The minimum Gasteiger partial charge on any atom is -0.349 e. The quantitative estimate of drug-likeness (QED) is 0.593. The van der Waals surface area contributed by atoms with Crippen LogP contribution in [0.2, 0.25) is 0 Å². The molecule has 0 unspecified atom stereocenters. The summed E-state index contributed by atoms with van der Waals surface area (Å²) in [5.41, 5.74) is 0.482. The molecule has 1 aliphatic rings. The van der Waals surface area contributed by atoms with Crippen LogP contribution in [-0.4, -0.2) is 49.7 Å². The fourth-order valence-electron chi connectivity index (χ4n) is 2.08. The average Bonchev–Trinajstić information content (AvgIpc) is 2.86. The number of nitrogens with zero attached hydrogens (tertiary/aromatic N) is 4. The number of imidazole rings is 1. The number of halogens is 1. The number of hydrogen-bond acceptors (Lipinski definition) is 4. The van der Waals surface area contributed by atoms with Gasteiger partial charge < -0.3 is 17.9 Å². The maximum Gasteiger partial charge on any atom is 0.271 e. The lowest BCUT2D eigenvalue weighted by Crippen LogP contribution is -2.34. The SMILES string of the molecule is CCN(CC)CCNC(=O)c1cn2c(n1)C=CN(I)C2. The number of amides is 1. The Bertz CT molecular complexity index is 495. The van der Waals surface area contributed by atoms with Crippen LogP contribution in [0.4, 0.5) is 0 Å². The fraction of sp³-hybridized carbons (Fsp3) is 0.538. The standard InChI is InChI=1S/C13H20IN5O/c1-3-17(4-2)8-6-15-13(20)11-9-18-10-19(14)7-5-12(18)16-11/h5,7,9H,3-4,6,8,10H2,1-2H3,(H,15,20). The molecule has 1 N–H and O–H groups in total. The van der Waals surface area contributed by atoms with E-state index in [1.165, 1.54) is 0 Å². The summed E-state index contributed by atoms with van der Waals surface area (Å²) in [5, 5.41) is 2.92. The molecule has 0 saturated carbocycles. The van der Waals surface area contributed by atoms with Gasteiger partial charge in [0.1, 0.15) is 18.2 Å². The molecule has 2 rings (SSSR count). The minimum absolute atomic E-state index is 0.104. The van der Waals surface area contributed by atoms with Crippen LogP contribution in [0.5, 0.6) is 0 Å². The third kappa shape index (κ3) is 3.72. The Morgan fingerprint density at radius 2 is 2.25 bits per heavy atom. The van der Waals surface area contributed by atoms with Gasteiger partial charge in [-0.25, -0.2) is 4.98 Å². The number of fused-ring (bicyclic) bond motifs is 1. The zero-order valence-electron chi connectivity index (χ0n) is 11.8. The first kappa shape index (κ1) is 15.3. The van der Waals surface area contributed by atoms with Crippen molar-refractivity contribution in [2.75, 3.05) is 26.2 Å². The summed E-state index contributed by atoms with van der Waals surface area (Å²) < 4.78 is 3.97. The number of hydrogen-bond donors (Lipinski definition) is 1. The predicted molar refractivity (Wildman–Crippen MR) is 87.2 cm³/mol. The molecule has 0 aromatic carbocycles. The van der Waals surface area contributed by atoms with Crippen molar-refractivity contribution in [2.45, 2.75) is 20.5 Å². The summed E-state index contributed by atoms with van der Waals surface area (Å²) >= 11 is 2.21. The third-order valence-electron chi connectivity index (χ3n) is 3.32. The van der Waals surface area contributed by atoms with E-state index in [2.05, 4.69) is 51.9 Å². The van der Waals surface area contributed by atoms with Crippen molar-refractivity contribution >= 4 is 34.8 Å². The lowest BCUT2D eigenvalue weighted by molar-refractivity contribution is 0.0944. The van der Waals surface area contributed by atoms with Crippen LogP contribution in [0.15, 0.2) is 12.4 Å². The van der Waals surface area contributed by atoms with Gasteiger partial charge in [0.15, 0.2) is 0 Å². The molecule has 0 bridgehead atoms. The Morgan fingerprint density at radius 3 is 2.95 bits per heavy atom. The molecule has 1 amide bonds. The van der Waals surface area contributed by atoms with Gasteiger partial charge in [-0.2, -0.15) is 0 Å². The summed E-state index contributed by atoms with van der Waals surface area (Å²) in [6.45, 7) is 8.48. The molecule has 1 aromatic rings. The predicted octanol–water partition coefficient (Wildman–Crippen LogP) is 1.55. The van der Waals surface area contributed by atoms with Gasteiger partial charge in [0, 0.05) is 25.5 Å². The van der Waals surface area contributed by atoms with Crippen molar-refractivity contribution in [3.05, 3.63) is 23.9 Å². The highest BCUT2D eigenvalue weighted by atomic mass is 127. The van der Waals surface area contributed by atoms with Crippen molar-refractivity contribution in [2.24, 2.45) is 0 Å². The maximum atomic E-state index is 12.1. The molecule has 0 spiro atoms. The summed E-state index contributed by atoms with van der Waals surface area (Å²) in [5.74, 6) is 0.722. The number of nitrogens with one attached hydrogen (secondary N) is 1. The first-order valence-electron chi connectivity index (χ1n) is 6.82. The van der Waals surface area contributed by atoms with Gasteiger partial charge in [0.05, 0.1) is 22.9 Å². The van der Waals surface area contributed by atoms with E-state index < -0.39 is 0 Å². The van der Waals surface area contributed by atoms with E-state index in [-0.39, 0.29) is 5.91 Å². The third-order valence-corrected chi connectivity index (χ3v) is 3.95. The zero-order valence-corrected chi connectivity index (χ0v) is 14.0. The molecule has 6 nitrogen and oxygen atoms in total. The van der Waals surface area contributed by atoms with Crippen molar-refractivity contribution in [3.63, 3.8) is 0 Å². The second-order valence-electron chi connectivity index (χ2n) is 4.59. The average molecular weight is 389 g/mol. The lowest BCUT2D eigenvalue weighted by Gasteiger charge is -2.17. The van der Waals surface area contributed by atoms with Gasteiger partial charge in [0.25, 0.3) is 5.91 Å². The molecule has 0 atom stereocenters. The lowest BCUT2D eigenvalue weighted by atomic mass is 10.4. The van der Waals surface area contributed by atoms with Crippen molar-refractivity contribution in [3.8, 4) is 0 Å². The summed E-state index contributed by atoms with van der Waals surface area (Å²) in [6.07, 6.45) is 5.66. The minimum atomic E-state index is -0.104. The van der Waals surface area contributed by atoms with Crippen LogP contribution in [0.3, 0.4) is 0 Å². The van der Waals surface area contributed by atoms with Crippen molar-refractivity contribution in [1.82, 2.24) is 22.9 Å². The molecule has 2 heterocycles. The molecule has 110 valence electrons. The molecular weight excluding hydrogens is 369 g/mol. The van der Waals surface area contributed by atoms with Gasteiger partial charge in [-0.15, -0.1) is 0 Å². The van der Waals surface area contributed by atoms with Gasteiger partial charge in [0.2, 0.25) is 0 Å².